The molecule has 1 aromatic heterocycles. The fraction of sp³-hybridized carbons (Fsp3) is 0.524. The highest BCUT2D eigenvalue weighted by Crippen LogP contribution is 2.26. The smallest absolute Gasteiger partial charge is 0.423 e. The number of hydrogen-bond donors (Lipinski definition) is 1. The van der Waals surface area contributed by atoms with Crippen molar-refractivity contribution >= 4 is 33.1 Å². The van der Waals surface area contributed by atoms with E-state index in [1.165, 1.54) is 10.8 Å². The van der Waals surface area contributed by atoms with E-state index in [9.17, 15) is 23.1 Å². The van der Waals surface area contributed by atoms with Crippen LogP contribution < -0.4 is 0 Å². The molecule has 0 fully saturated rings. The number of ether oxygens (including phenoxy) is 2. The first-order chi connectivity index (χ1) is 14.0. The predicted octanol–water partition coefficient (Wildman–Crippen LogP) is 3.61. The highest BCUT2D eigenvalue weighted by atomic mass is 32.2. The second kappa shape index (κ2) is 8.51. The van der Waals surface area contributed by atoms with Crippen molar-refractivity contribution in [2.24, 2.45) is 0 Å². The SMILES string of the molecule is CN(C(=O)OC(C)(C)C)S(=O)(=O)Cc1ccc2c(c1)c(CO)cn2C(=O)OC(C)(C)C. The van der Waals surface area contributed by atoms with Gasteiger partial charge in [0.2, 0.25) is 10.0 Å². The van der Waals surface area contributed by atoms with E-state index in [0.717, 1.165) is 7.05 Å². The molecule has 0 atom stereocenters. The second-order valence-electron chi connectivity index (χ2n) is 9.22. The lowest BCUT2D eigenvalue weighted by Crippen LogP contribution is -2.38. The van der Waals surface area contributed by atoms with Crippen LogP contribution in [0.1, 0.15) is 52.7 Å². The number of aromatic nitrogens is 1. The Kier molecular flexibility index (Phi) is 6.77. The first-order valence-corrected chi connectivity index (χ1v) is 11.3. The molecule has 2 aromatic rings. The number of amides is 1. The number of hydrogen-bond acceptors (Lipinski definition) is 7. The molecule has 172 valence electrons. The topological polar surface area (TPSA) is 115 Å². The van der Waals surface area contributed by atoms with E-state index in [4.69, 9.17) is 9.47 Å². The van der Waals surface area contributed by atoms with Crippen LogP contribution in [0.25, 0.3) is 10.9 Å². The Morgan fingerprint density at radius 2 is 1.65 bits per heavy atom. The number of nitrogens with zero attached hydrogens (tertiary/aromatic N) is 2. The summed E-state index contributed by atoms with van der Waals surface area (Å²) >= 11 is 0. The van der Waals surface area contributed by atoms with E-state index in [2.05, 4.69) is 0 Å². The number of rotatable bonds is 4. The lowest BCUT2D eigenvalue weighted by molar-refractivity contribution is 0.0419. The number of carbonyl (C=O) groups excluding carboxylic acids is 2. The molecule has 9 nitrogen and oxygen atoms in total. The van der Waals surface area contributed by atoms with Gasteiger partial charge in [-0.1, -0.05) is 6.07 Å². The summed E-state index contributed by atoms with van der Waals surface area (Å²) in [5, 5.41) is 10.2. The van der Waals surface area contributed by atoms with Crippen molar-refractivity contribution in [3.05, 3.63) is 35.5 Å². The zero-order chi connectivity index (χ0) is 23.8. The van der Waals surface area contributed by atoms with Gasteiger partial charge in [-0.3, -0.25) is 4.57 Å². The van der Waals surface area contributed by atoms with Gasteiger partial charge in [0.1, 0.15) is 11.2 Å². The summed E-state index contributed by atoms with van der Waals surface area (Å²) in [6.07, 6.45) is -0.118. The fourth-order valence-electron chi connectivity index (χ4n) is 2.77. The Morgan fingerprint density at radius 3 is 2.16 bits per heavy atom. The van der Waals surface area contributed by atoms with Crippen molar-refractivity contribution in [2.45, 2.75) is 65.1 Å². The molecule has 2 rings (SSSR count). The third-order valence-electron chi connectivity index (χ3n) is 4.13. The van der Waals surface area contributed by atoms with Crippen molar-refractivity contribution in [1.82, 2.24) is 8.87 Å². The highest BCUT2D eigenvalue weighted by Gasteiger charge is 2.29. The quantitative estimate of drug-likeness (QED) is 0.750. The van der Waals surface area contributed by atoms with E-state index in [-0.39, 0.29) is 6.61 Å². The molecule has 0 saturated heterocycles. The van der Waals surface area contributed by atoms with Crippen LogP contribution in [-0.2, 0) is 31.9 Å². The summed E-state index contributed by atoms with van der Waals surface area (Å²) in [5.41, 5.74) is -0.228. The molecule has 1 heterocycles. The molecule has 0 spiro atoms. The van der Waals surface area contributed by atoms with Gasteiger partial charge in [-0.25, -0.2) is 22.3 Å². The maximum absolute atomic E-state index is 12.7. The Balaban J connectivity index is 2.36. The largest absolute Gasteiger partial charge is 0.443 e. The summed E-state index contributed by atoms with van der Waals surface area (Å²) in [6.45, 7) is 9.82. The third-order valence-corrected chi connectivity index (χ3v) is 5.81. The number of aliphatic hydroxyl groups is 1. The van der Waals surface area contributed by atoms with Crippen LogP contribution in [0.3, 0.4) is 0 Å². The van der Waals surface area contributed by atoms with Crippen LogP contribution in [0.5, 0.6) is 0 Å². The maximum atomic E-state index is 12.7. The van der Waals surface area contributed by atoms with E-state index in [1.807, 2.05) is 0 Å². The number of carbonyl (C=O) groups is 2. The summed E-state index contributed by atoms with van der Waals surface area (Å²) < 4.78 is 37.7. The van der Waals surface area contributed by atoms with Gasteiger partial charge in [0.05, 0.1) is 17.9 Å². The van der Waals surface area contributed by atoms with Gasteiger partial charge in [0.15, 0.2) is 0 Å². The summed E-state index contributed by atoms with van der Waals surface area (Å²) in [6, 6.07) is 4.70. The molecule has 1 aromatic carbocycles. The van der Waals surface area contributed by atoms with Crippen LogP contribution >= 0.6 is 0 Å². The molecule has 31 heavy (non-hydrogen) atoms. The van der Waals surface area contributed by atoms with E-state index < -0.39 is 39.2 Å². The Hall–Kier alpha value is -2.59. The Labute approximate surface area is 182 Å². The lowest BCUT2D eigenvalue weighted by Gasteiger charge is -2.24. The van der Waals surface area contributed by atoms with Crippen LogP contribution in [0.15, 0.2) is 24.4 Å². The minimum absolute atomic E-state index is 0.347. The molecular formula is C21H30N2O7S. The van der Waals surface area contributed by atoms with Crippen molar-refractivity contribution in [3.8, 4) is 0 Å². The molecule has 0 radical (unpaired) electrons. The minimum atomic E-state index is -4.01. The summed E-state index contributed by atoms with van der Waals surface area (Å²) in [5.74, 6) is -0.457. The first-order valence-electron chi connectivity index (χ1n) is 9.71. The number of benzene rings is 1. The molecule has 0 aliphatic heterocycles. The van der Waals surface area contributed by atoms with E-state index in [1.54, 1.807) is 59.7 Å². The number of aliphatic hydroxyl groups excluding tert-OH is 1. The van der Waals surface area contributed by atoms with Crippen molar-refractivity contribution in [3.63, 3.8) is 0 Å². The van der Waals surface area contributed by atoms with Gasteiger partial charge >= 0.3 is 12.2 Å². The van der Waals surface area contributed by atoms with Crippen molar-refractivity contribution in [1.29, 1.82) is 0 Å². The minimum Gasteiger partial charge on any atom is -0.443 e. The average Bonchev–Trinajstić information content (AvgIpc) is 2.95. The summed E-state index contributed by atoms with van der Waals surface area (Å²) in [7, 11) is -2.87. The molecule has 1 amide bonds. The zero-order valence-corrected chi connectivity index (χ0v) is 19.7. The molecule has 0 aliphatic carbocycles. The Morgan fingerprint density at radius 1 is 1.06 bits per heavy atom. The van der Waals surface area contributed by atoms with Gasteiger partial charge < -0.3 is 14.6 Å². The number of sulfonamides is 1. The summed E-state index contributed by atoms with van der Waals surface area (Å²) in [4.78, 5) is 24.6. The maximum Gasteiger partial charge on any atom is 0.423 e. The molecule has 0 saturated carbocycles. The van der Waals surface area contributed by atoms with Gasteiger partial charge in [0, 0.05) is 24.2 Å². The molecule has 10 heteroatoms. The van der Waals surface area contributed by atoms with Crippen LogP contribution in [0, 0.1) is 0 Å². The van der Waals surface area contributed by atoms with Crippen LogP contribution in [0.4, 0.5) is 9.59 Å². The van der Waals surface area contributed by atoms with Gasteiger partial charge in [-0.15, -0.1) is 0 Å². The van der Waals surface area contributed by atoms with E-state index in [0.29, 0.717) is 26.3 Å². The predicted molar refractivity (Wildman–Crippen MR) is 116 cm³/mol. The van der Waals surface area contributed by atoms with Gasteiger partial charge in [-0.05, 0) is 59.2 Å². The molecule has 0 unspecified atom stereocenters. The average molecular weight is 455 g/mol. The monoisotopic (exact) mass is 454 g/mol. The normalized spacial score (nSPS) is 12.6. The zero-order valence-electron chi connectivity index (χ0n) is 18.9. The van der Waals surface area contributed by atoms with Crippen molar-refractivity contribution < 1.29 is 32.6 Å². The standard InChI is InChI=1S/C21H30N2O7S/c1-20(2,3)29-18(25)22(7)31(27,28)13-14-8-9-17-16(10-14)15(12-24)11-23(17)19(26)30-21(4,5)6/h8-11,24H,12-13H2,1-7H3. The van der Waals surface area contributed by atoms with Crippen LogP contribution in [0.2, 0.25) is 0 Å². The molecular weight excluding hydrogens is 424 g/mol. The lowest BCUT2D eigenvalue weighted by atomic mass is 10.1. The number of fused-ring (bicyclic) bond motifs is 1. The second-order valence-corrected chi connectivity index (χ2v) is 11.2. The Bertz CT molecular complexity index is 1090. The molecule has 0 bridgehead atoms. The van der Waals surface area contributed by atoms with E-state index >= 15 is 0 Å². The van der Waals surface area contributed by atoms with Gasteiger partial charge in [-0.2, -0.15) is 0 Å². The molecule has 1 N–H and O–H groups in total. The van der Waals surface area contributed by atoms with Crippen LogP contribution in [-0.4, -0.2) is 52.8 Å². The van der Waals surface area contributed by atoms with Crippen molar-refractivity contribution in [2.75, 3.05) is 7.05 Å². The molecule has 0 aliphatic rings. The fourth-order valence-corrected chi connectivity index (χ4v) is 3.83. The first kappa shape index (κ1) is 24.7. The third kappa shape index (κ3) is 6.20. The highest BCUT2D eigenvalue weighted by molar-refractivity contribution is 7.88. The van der Waals surface area contributed by atoms with Gasteiger partial charge in [0.25, 0.3) is 0 Å².